The van der Waals surface area contributed by atoms with E-state index in [4.69, 9.17) is 4.42 Å². The van der Waals surface area contributed by atoms with E-state index < -0.39 is 5.54 Å². The van der Waals surface area contributed by atoms with Crippen molar-refractivity contribution >= 4 is 17.7 Å². The van der Waals surface area contributed by atoms with Crippen LogP contribution in [0.15, 0.2) is 41.0 Å². The molecule has 1 fully saturated rings. The molecule has 0 aromatic carbocycles. The van der Waals surface area contributed by atoms with Crippen molar-refractivity contribution in [3.8, 4) is 0 Å². The zero-order valence-corrected chi connectivity index (χ0v) is 16.3. The first-order valence-corrected chi connectivity index (χ1v) is 9.16. The molecule has 0 aliphatic carbocycles. The van der Waals surface area contributed by atoms with Gasteiger partial charge in [0.2, 0.25) is 0 Å². The van der Waals surface area contributed by atoms with Crippen molar-refractivity contribution in [2.75, 3.05) is 26.2 Å². The van der Waals surface area contributed by atoms with Gasteiger partial charge in [-0.05, 0) is 45.0 Å². The second kappa shape index (κ2) is 7.84. The number of hydrogen-bond donors (Lipinski definition) is 1. The zero-order chi connectivity index (χ0) is 20.3. The first-order chi connectivity index (χ1) is 13.2. The molecule has 3 rings (SSSR count). The number of pyridine rings is 1. The van der Waals surface area contributed by atoms with Crippen molar-refractivity contribution in [1.29, 1.82) is 0 Å². The van der Waals surface area contributed by atoms with E-state index in [-0.39, 0.29) is 29.1 Å². The molecule has 0 radical (unpaired) electrons. The van der Waals surface area contributed by atoms with Gasteiger partial charge in [-0.2, -0.15) is 0 Å². The van der Waals surface area contributed by atoms with Crippen molar-refractivity contribution < 1.29 is 18.8 Å². The van der Waals surface area contributed by atoms with E-state index in [2.05, 4.69) is 10.3 Å². The van der Waals surface area contributed by atoms with Crippen LogP contribution in [-0.4, -0.2) is 64.2 Å². The third-order valence-electron chi connectivity index (χ3n) is 4.28. The number of carbonyl (C=O) groups is 3. The topological polar surface area (TPSA) is 95.8 Å². The summed E-state index contributed by atoms with van der Waals surface area (Å²) in [5.41, 5.74) is 0.0232. The highest BCUT2D eigenvalue weighted by atomic mass is 16.3. The van der Waals surface area contributed by atoms with Crippen LogP contribution in [-0.2, 0) is 0 Å². The molecule has 0 bridgehead atoms. The summed E-state index contributed by atoms with van der Waals surface area (Å²) in [6.07, 6.45) is 1.46. The lowest BCUT2D eigenvalue weighted by molar-refractivity contribution is 0.0515. The number of carbonyl (C=O) groups excluding carboxylic acids is 3. The molecule has 2 aromatic heterocycles. The molecule has 28 heavy (non-hydrogen) atoms. The average Bonchev–Trinajstić information content (AvgIpc) is 3.20. The highest BCUT2D eigenvalue weighted by molar-refractivity contribution is 5.97. The second-order valence-electron chi connectivity index (χ2n) is 7.67. The van der Waals surface area contributed by atoms with Gasteiger partial charge < -0.3 is 19.5 Å². The van der Waals surface area contributed by atoms with Crippen molar-refractivity contribution in [2.45, 2.75) is 26.3 Å². The van der Waals surface area contributed by atoms with E-state index in [0.29, 0.717) is 31.9 Å². The quantitative estimate of drug-likeness (QED) is 0.871. The van der Waals surface area contributed by atoms with Crippen LogP contribution < -0.4 is 5.32 Å². The summed E-state index contributed by atoms with van der Waals surface area (Å²) >= 11 is 0. The Bertz CT molecular complexity index is 863. The molecule has 148 valence electrons. The summed E-state index contributed by atoms with van der Waals surface area (Å²) in [5, 5.41) is 2.83. The third-order valence-corrected chi connectivity index (χ3v) is 4.28. The normalized spacial score (nSPS) is 14.7. The molecular formula is C20H24N4O4. The Morgan fingerprint density at radius 1 is 0.929 bits per heavy atom. The van der Waals surface area contributed by atoms with E-state index >= 15 is 0 Å². The van der Waals surface area contributed by atoms with Crippen LogP contribution in [0.3, 0.4) is 0 Å². The molecule has 1 saturated heterocycles. The molecular weight excluding hydrogens is 360 g/mol. The predicted molar refractivity (Wildman–Crippen MR) is 102 cm³/mol. The molecule has 8 nitrogen and oxygen atoms in total. The Kier molecular flexibility index (Phi) is 5.48. The first-order valence-electron chi connectivity index (χ1n) is 9.16. The summed E-state index contributed by atoms with van der Waals surface area (Å²) in [5.74, 6) is -0.471. The van der Waals surface area contributed by atoms with Crippen molar-refractivity contribution in [3.05, 3.63) is 53.7 Å². The smallest absolute Gasteiger partial charge is 0.289 e. The van der Waals surface area contributed by atoms with Crippen LogP contribution in [0.1, 0.15) is 52.3 Å². The molecule has 3 amide bonds. The minimum atomic E-state index is -0.393. The van der Waals surface area contributed by atoms with Gasteiger partial charge >= 0.3 is 0 Å². The van der Waals surface area contributed by atoms with Gasteiger partial charge in [-0.25, -0.2) is 4.98 Å². The largest absolute Gasteiger partial charge is 0.459 e. The van der Waals surface area contributed by atoms with Gasteiger partial charge in [0.1, 0.15) is 11.4 Å². The van der Waals surface area contributed by atoms with Crippen LogP contribution in [0.25, 0.3) is 0 Å². The van der Waals surface area contributed by atoms with Crippen LogP contribution in [0.4, 0.5) is 0 Å². The summed E-state index contributed by atoms with van der Waals surface area (Å²) in [7, 11) is 0. The second-order valence-corrected chi connectivity index (χ2v) is 7.67. The number of piperazine rings is 1. The molecule has 3 heterocycles. The highest BCUT2D eigenvalue weighted by Crippen LogP contribution is 2.12. The zero-order valence-electron chi connectivity index (χ0n) is 16.3. The van der Waals surface area contributed by atoms with E-state index in [1.54, 1.807) is 40.1 Å². The maximum Gasteiger partial charge on any atom is 0.289 e. The number of nitrogens with zero attached hydrogens (tertiary/aromatic N) is 3. The van der Waals surface area contributed by atoms with Gasteiger partial charge in [-0.3, -0.25) is 14.4 Å². The van der Waals surface area contributed by atoms with E-state index in [0.717, 1.165) is 0 Å². The minimum Gasteiger partial charge on any atom is -0.459 e. The van der Waals surface area contributed by atoms with Crippen molar-refractivity contribution in [2.24, 2.45) is 0 Å². The maximum atomic E-state index is 12.8. The number of amides is 3. The lowest BCUT2D eigenvalue weighted by Gasteiger charge is -2.34. The number of aromatic nitrogens is 1. The molecule has 2 aromatic rings. The molecule has 0 saturated carbocycles. The van der Waals surface area contributed by atoms with E-state index in [1.165, 1.54) is 6.26 Å². The Morgan fingerprint density at radius 3 is 2.11 bits per heavy atom. The summed E-state index contributed by atoms with van der Waals surface area (Å²) in [6, 6.07) is 8.11. The number of hydrogen-bond acceptors (Lipinski definition) is 5. The van der Waals surface area contributed by atoms with Gasteiger partial charge in [0.15, 0.2) is 5.76 Å². The fourth-order valence-corrected chi connectivity index (χ4v) is 2.92. The van der Waals surface area contributed by atoms with Gasteiger partial charge in [-0.1, -0.05) is 6.07 Å². The van der Waals surface area contributed by atoms with Crippen LogP contribution in [0, 0.1) is 0 Å². The van der Waals surface area contributed by atoms with Crippen molar-refractivity contribution in [3.63, 3.8) is 0 Å². The van der Waals surface area contributed by atoms with Gasteiger partial charge in [-0.15, -0.1) is 0 Å². The van der Waals surface area contributed by atoms with Crippen LogP contribution in [0.5, 0.6) is 0 Å². The maximum absolute atomic E-state index is 12.8. The molecule has 1 N–H and O–H groups in total. The third kappa shape index (κ3) is 4.57. The first kappa shape index (κ1) is 19.6. The monoisotopic (exact) mass is 384 g/mol. The van der Waals surface area contributed by atoms with Crippen molar-refractivity contribution in [1.82, 2.24) is 20.1 Å². The van der Waals surface area contributed by atoms with Crippen LogP contribution >= 0.6 is 0 Å². The minimum absolute atomic E-state index is 0.184. The standard InChI is InChI=1S/C20H24N4O4/c1-20(2,3)22-17(25)14-6-4-7-15(21-14)18(26)23-9-11-24(12-10-23)19(27)16-8-5-13-28-16/h4-8,13H,9-12H2,1-3H3,(H,22,25). The summed E-state index contributed by atoms with van der Waals surface area (Å²) in [4.78, 5) is 44.9. The molecule has 0 unspecified atom stereocenters. The number of furan rings is 1. The molecule has 8 heteroatoms. The van der Waals surface area contributed by atoms with E-state index in [1.807, 2.05) is 20.8 Å². The Balaban J connectivity index is 1.63. The Labute approximate surface area is 163 Å². The van der Waals surface area contributed by atoms with Gasteiger partial charge in [0.05, 0.1) is 6.26 Å². The number of nitrogens with one attached hydrogen (secondary N) is 1. The Morgan fingerprint density at radius 2 is 1.54 bits per heavy atom. The molecule has 0 spiro atoms. The van der Waals surface area contributed by atoms with Gasteiger partial charge in [0, 0.05) is 31.7 Å². The van der Waals surface area contributed by atoms with Gasteiger partial charge in [0.25, 0.3) is 17.7 Å². The molecule has 1 aliphatic rings. The lowest BCUT2D eigenvalue weighted by Crippen LogP contribution is -2.50. The highest BCUT2D eigenvalue weighted by Gasteiger charge is 2.27. The SMILES string of the molecule is CC(C)(C)NC(=O)c1cccc(C(=O)N2CCN(C(=O)c3ccco3)CC2)n1. The average molecular weight is 384 g/mol. The predicted octanol–water partition coefficient (Wildman–Crippen LogP) is 1.80. The lowest BCUT2D eigenvalue weighted by atomic mass is 10.1. The molecule has 1 aliphatic heterocycles. The molecule has 0 atom stereocenters. The number of rotatable bonds is 3. The summed E-state index contributed by atoms with van der Waals surface area (Å²) < 4.78 is 5.14. The van der Waals surface area contributed by atoms with E-state index in [9.17, 15) is 14.4 Å². The fourth-order valence-electron chi connectivity index (χ4n) is 2.92. The summed E-state index contributed by atoms with van der Waals surface area (Å²) in [6.45, 7) is 7.25. The Hall–Kier alpha value is -3.16. The van der Waals surface area contributed by atoms with Crippen LogP contribution in [0.2, 0.25) is 0 Å². The fraction of sp³-hybridized carbons (Fsp3) is 0.400.